The minimum absolute atomic E-state index is 0.0511. The van der Waals surface area contributed by atoms with Gasteiger partial charge in [0.25, 0.3) is 0 Å². The summed E-state index contributed by atoms with van der Waals surface area (Å²) in [4.78, 5) is 0. The van der Waals surface area contributed by atoms with Crippen LogP contribution in [0.5, 0.6) is 0 Å². The summed E-state index contributed by atoms with van der Waals surface area (Å²) in [6.45, 7) is 3.16. The molecule has 0 aromatic heterocycles. The molecule has 1 aromatic carbocycles. The van der Waals surface area contributed by atoms with Gasteiger partial charge in [0.2, 0.25) is 0 Å². The number of hydrogen-bond acceptors (Lipinski definition) is 3. The molecular formula is C14H19BrFNO2. The Bertz CT molecular complexity index is 430. The Hall–Kier alpha value is -0.490. The first-order valence-corrected chi connectivity index (χ1v) is 7.26. The smallest absolute Gasteiger partial charge is 0.127 e. The molecule has 0 saturated heterocycles. The Labute approximate surface area is 121 Å². The minimum Gasteiger partial charge on any atom is -0.377 e. The second-order valence-electron chi connectivity index (χ2n) is 4.65. The maximum absolute atomic E-state index is 13.6. The summed E-state index contributed by atoms with van der Waals surface area (Å²) in [6.07, 6.45) is 1.11. The van der Waals surface area contributed by atoms with Gasteiger partial charge in [0.1, 0.15) is 5.82 Å². The molecule has 0 radical (unpaired) electrons. The summed E-state index contributed by atoms with van der Waals surface area (Å²) < 4.78 is 25.5. The maximum Gasteiger partial charge on any atom is 0.127 e. The largest absolute Gasteiger partial charge is 0.377 e. The molecule has 5 heteroatoms. The van der Waals surface area contributed by atoms with E-state index < -0.39 is 0 Å². The van der Waals surface area contributed by atoms with E-state index >= 15 is 0 Å². The first-order chi connectivity index (χ1) is 9.15. The molecule has 0 amide bonds. The lowest BCUT2D eigenvalue weighted by molar-refractivity contribution is -0.131. The van der Waals surface area contributed by atoms with Crippen LogP contribution in [0.1, 0.15) is 18.9 Å². The minimum atomic E-state index is -0.189. The number of benzene rings is 1. The monoisotopic (exact) mass is 331 g/mol. The van der Waals surface area contributed by atoms with Crippen LogP contribution < -0.4 is 5.32 Å². The van der Waals surface area contributed by atoms with Gasteiger partial charge in [-0.1, -0.05) is 15.9 Å². The molecule has 0 spiro atoms. The summed E-state index contributed by atoms with van der Waals surface area (Å²) in [5, 5.41) is 3.33. The van der Waals surface area contributed by atoms with E-state index in [4.69, 9.17) is 9.47 Å². The van der Waals surface area contributed by atoms with Crippen molar-refractivity contribution in [2.75, 3.05) is 13.7 Å². The van der Waals surface area contributed by atoms with Crippen molar-refractivity contribution in [1.82, 2.24) is 5.32 Å². The van der Waals surface area contributed by atoms with E-state index in [1.807, 2.05) is 6.92 Å². The van der Waals surface area contributed by atoms with Gasteiger partial charge in [-0.25, -0.2) is 4.39 Å². The molecule has 2 rings (SSSR count). The van der Waals surface area contributed by atoms with Crippen molar-refractivity contribution in [3.05, 3.63) is 34.1 Å². The maximum atomic E-state index is 13.6. The molecule has 0 bridgehead atoms. The lowest BCUT2D eigenvalue weighted by Gasteiger charge is -2.43. The lowest BCUT2D eigenvalue weighted by atomic mass is 9.85. The molecule has 1 N–H and O–H groups in total. The predicted molar refractivity (Wildman–Crippen MR) is 75.6 cm³/mol. The van der Waals surface area contributed by atoms with E-state index in [1.165, 1.54) is 6.07 Å². The summed E-state index contributed by atoms with van der Waals surface area (Å²) in [5.74, 6) is -0.189. The van der Waals surface area contributed by atoms with Crippen LogP contribution >= 0.6 is 15.9 Å². The van der Waals surface area contributed by atoms with E-state index in [9.17, 15) is 4.39 Å². The van der Waals surface area contributed by atoms with Gasteiger partial charge in [0.05, 0.1) is 12.2 Å². The van der Waals surface area contributed by atoms with Crippen LogP contribution in [0, 0.1) is 5.82 Å². The third-order valence-electron chi connectivity index (χ3n) is 3.46. The first kappa shape index (κ1) is 14.9. The molecule has 19 heavy (non-hydrogen) atoms. The van der Waals surface area contributed by atoms with Gasteiger partial charge in [-0.05, 0) is 31.5 Å². The van der Waals surface area contributed by atoms with Crippen molar-refractivity contribution >= 4 is 15.9 Å². The Morgan fingerprint density at radius 2 is 2.26 bits per heavy atom. The third kappa shape index (κ3) is 3.54. The lowest BCUT2D eigenvalue weighted by Crippen LogP contribution is -2.59. The molecule has 1 fully saturated rings. The molecule has 1 saturated carbocycles. The van der Waals surface area contributed by atoms with Crippen LogP contribution in [0.2, 0.25) is 0 Å². The van der Waals surface area contributed by atoms with Gasteiger partial charge >= 0.3 is 0 Å². The van der Waals surface area contributed by atoms with E-state index in [2.05, 4.69) is 21.2 Å². The predicted octanol–water partition coefficient (Wildman–Crippen LogP) is 2.87. The highest BCUT2D eigenvalue weighted by atomic mass is 79.9. The van der Waals surface area contributed by atoms with Crippen LogP contribution in [-0.4, -0.2) is 32.0 Å². The van der Waals surface area contributed by atoms with E-state index in [0.29, 0.717) is 18.7 Å². The zero-order valence-corrected chi connectivity index (χ0v) is 12.7. The highest BCUT2D eigenvalue weighted by molar-refractivity contribution is 9.10. The standard InChI is InChI=1S/C14H19BrFNO2/c1-3-19-13-7-12(14(13)18-2)17-8-9-6-10(15)4-5-11(9)16/h4-6,12-14,17H,3,7-8H2,1-2H3. The van der Waals surface area contributed by atoms with Gasteiger partial charge in [0, 0.05) is 36.3 Å². The van der Waals surface area contributed by atoms with Crippen molar-refractivity contribution in [1.29, 1.82) is 0 Å². The number of halogens is 2. The van der Waals surface area contributed by atoms with Gasteiger partial charge in [-0.3, -0.25) is 0 Å². The number of rotatable bonds is 6. The summed E-state index contributed by atoms with van der Waals surface area (Å²) >= 11 is 3.35. The highest BCUT2D eigenvalue weighted by Gasteiger charge is 2.41. The molecule has 0 aliphatic heterocycles. The van der Waals surface area contributed by atoms with E-state index in [0.717, 1.165) is 10.9 Å². The van der Waals surface area contributed by atoms with Crippen LogP contribution in [0.25, 0.3) is 0 Å². The molecule has 106 valence electrons. The Morgan fingerprint density at radius 1 is 1.47 bits per heavy atom. The van der Waals surface area contributed by atoms with Crippen molar-refractivity contribution < 1.29 is 13.9 Å². The van der Waals surface area contributed by atoms with Gasteiger partial charge in [-0.2, -0.15) is 0 Å². The number of methoxy groups -OCH3 is 1. The molecule has 1 aliphatic carbocycles. The molecule has 0 heterocycles. The van der Waals surface area contributed by atoms with Gasteiger partial charge in [0.15, 0.2) is 0 Å². The Kier molecular flexibility index (Phi) is 5.33. The fourth-order valence-electron chi connectivity index (χ4n) is 2.39. The van der Waals surface area contributed by atoms with Crippen molar-refractivity contribution in [3.63, 3.8) is 0 Å². The van der Waals surface area contributed by atoms with Crippen LogP contribution in [0.3, 0.4) is 0 Å². The zero-order valence-electron chi connectivity index (χ0n) is 11.2. The van der Waals surface area contributed by atoms with Crippen LogP contribution in [-0.2, 0) is 16.0 Å². The second-order valence-corrected chi connectivity index (χ2v) is 5.57. The first-order valence-electron chi connectivity index (χ1n) is 6.47. The number of ether oxygens (including phenoxy) is 2. The summed E-state index contributed by atoms with van der Waals surface area (Å²) in [5.41, 5.74) is 0.657. The molecule has 1 aromatic rings. The van der Waals surface area contributed by atoms with Crippen molar-refractivity contribution in [2.24, 2.45) is 0 Å². The molecule has 1 aliphatic rings. The summed E-state index contributed by atoms with van der Waals surface area (Å²) in [7, 11) is 1.68. The molecular weight excluding hydrogens is 313 g/mol. The van der Waals surface area contributed by atoms with Gasteiger partial charge < -0.3 is 14.8 Å². The highest BCUT2D eigenvalue weighted by Crippen LogP contribution is 2.27. The molecule has 3 nitrogen and oxygen atoms in total. The average Bonchev–Trinajstić information content (AvgIpc) is 2.37. The zero-order chi connectivity index (χ0) is 13.8. The van der Waals surface area contributed by atoms with Crippen molar-refractivity contribution in [3.8, 4) is 0 Å². The fourth-order valence-corrected chi connectivity index (χ4v) is 2.80. The quantitative estimate of drug-likeness (QED) is 0.869. The molecule has 3 atom stereocenters. The Morgan fingerprint density at radius 3 is 2.95 bits per heavy atom. The third-order valence-corrected chi connectivity index (χ3v) is 3.96. The van der Waals surface area contributed by atoms with Crippen molar-refractivity contribution in [2.45, 2.75) is 38.1 Å². The normalized spacial score (nSPS) is 26.2. The second kappa shape index (κ2) is 6.79. The number of nitrogens with one attached hydrogen (secondary N) is 1. The topological polar surface area (TPSA) is 30.5 Å². The fraction of sp³-hybridized carbons (Fsp3) is 0.571. The average molecular weight is 332 g/mol. The SMILES string of the molecule is CCOC1CC(NCc2cc(Br)ccc2F)C1OC. The number of hydrogen-bond donors (Lipinski definition) is 1. The molecule has 3 unspecified atom stereocenters. The van der Waals surface area contributed by atoms with Crippen LogP contribution in [0.4, 0.5) is 4.39 Å². The van der Waals surface area contributed by atoms with Crippen LogP contribution in [0.15, 0.2) is 22.7 Å². The summed E-state index contributed by atoms with van der Waals surface area (Å²) in [6, 6.07) is 5.19. The van der Waals surface area contributed by atoms with Gasteiger partial charge in [-0.15, -0.1) is 0 Å². The van der Waals surface area contributed by atoms with E-state index in [-0.39, 0.29) is 24.1 Å². The van der Waals surface area contributed by atoms with E-state index in [1.54, 1.807) is 19.2 Å². The Balaban J connectivity index is 1.87.